The molecule has 0 saturated carbocycles. The van der Waals surface area contributed by atoms with Crippen LogP contribution in [0, 0.1) is 11.3 Å². The fraction of sp³-hybridized carbons (Fsp3) is 0.0588. The first kappa shape index (κ1) is 14.8. The lowest BCUT2D eigenvalue weighted by atomic mass is 10.0. The second-order valence-electron chi connectivity index (χ2n) is 4.28. The van der Waals surface area contributed by atoms with E-state index in [1.807, 2.05) is 6.07 Å². The quantitative estimate of drug-likeness (QED) is 0.484. The fourth-order valence-corrected chi connectivity index (χ4v) is 1.90. The third kappa shape index (κ3) is 3.71. The molecule has 0 unspecified atom stereocenters. The van der Waals surface area contributed by atoms with Crippen molar-refractivity contribution in [2.45, 2.75) is 0 Å². The molecule has 0 radical (unpaired) electrons. The van der Waals surface area contributed by atoms with Gasteiger partial charge in [0.1, 0.15) is 17.4 Å². The van der Waals surface area contributed by atoms with Gasteiger partial charge in [0.25, 0.3) is 0 Å². The molecule has 0 saturated heterocycles. The average Bonchev–Trinajstić information content (AvgIpc) is 2.54. The molecular formula is C17H12ClNO2. The summed E-state index contributed by atoms with van der Waals surface area (Å²) < 4.78 is 5.04. The number of benzene rings is 2. The first-order valence-corrected chi connectivity index (χ1v) is 6.58. The molecule has 21 heavy (non-hydrogen) atoms. The summed E-state index contributed by atoms with van der Waals surface area (Å²) in [5.41, 5.74) is 1.26. The van der Waals surface area contributed by atoms with E-state index in [1.165, 1.54) is 0 Å². The Labute approximate surface area is 128 Å². The van der Waals surface area contributed by atoms with E-state index in [0.29, 0.717) is 16.3 Å². The summed E-state index contributed by atoms with van der Waals surface area (Å²) in [6.07, 6.45) is 1.54. The van der Waals surface area contributed by atoms with E-state index in [1.54, 1.807) is 61.7 Å². The van der Waals surface area contributed by atoms with Crippen molar-refractivity contribution in [2.24, 2.45) is 0 Å². The number of nitriles is 1. The van der Waals surface area contributed by atoms with Crippen LogP contribution in [0.4, 0.5) is 0 Å². The van der Waals surface area contributed by atoms with Crippen LogP contribution in [0.2, 0.25) is 5.02 Å². The maximum Gasteiger partial charge on any atom is 0.203 e. The van der Waals surface area contributed by atoms with E-state index < -0.39 is 0 Å². The molecule has 0 fully saturated rings. The molecule has 4 heteroatoms. The standard InChI is InChI=1S/C17H12ClNO2/c1-21-16-8-4-13(5-9-16)17(20)14(11-19)10-12-2-6-15(18)7-3-12/h2-10H,1H3. The van der Waals surface area contributed by atoms with Gasteiger partial charge in [0, 0.05) is 10.6 Å². The SMILES string of the molecule is COc1ccc(C(=O)C(C#N)=Cc2ccc(Cl)cc2)cc1. The van der Waals surface area contributed by atoms with Gasteiger partial charge in [-0.25, -0.2) is 0 Å². The predicted octanol–water partition coefficient (Wildman–Crippen LogP) is 4.14. The molecule has 0 N–H and O–H groups in total. The number of ketones is 1. The molecule has 0 atom stereocenters. The lowest BCUT2D eigenvalue weighted by Crippen LogP contribution is -2.01. The van der Waals surface area contributed by atoms with Crippen LogP contribution in [0.25, 0.3) is 6.08 Å². The van der Waals surface area contributed by atoms with Gasteiger partial charge in [-0.2, -0.15) is 5.26 Å². The van der Waals surface area contributed by atoms with Gasteiger partial charge in [0.05, 0.1) is 7.11 Å². The van der Waals surface area contributed by atoms with Crippen molar-refractivity contribution < 1.29 is 9.53 Å². The number of Topliss-reactive ketones (excluding diaryl/α,β-unsaturated/α-hetero) is 1. The molecule has 0 aliphatic rings. The van der Waals surface area contributed by atoms with Crippen LogP contribution >= 0.6 is 11.6 Å². The van der Waals surface area contributed by atoms with Crippen LogP contribution in [0.15, 0.2) is 54.1 Å². The number of halogens is 1. The number of ether oxygens (including phenoxy) is 1. The van der Waals surface area contributed by atoms with E-state index >= 15 is 0 Å². The van der Waals surface area contributed by atoms with Crippen LogP contribution in [-0.2, 0) is 0 Å². The van der Waals surface area contributed by atoms with E-state index in [2.05, 4.69) is 0 Å². The second kappa shape index (κ2) is 6.74. The topological polar surface area (TPSA) is 50.1 Å². The minimum Gasteiger partial charge on any atom is -0.497 e. The van der Waals surface area contributed by atoms with E-state index in [0.717, 1.165) is 5.56 Å². The molecule has 0 heterocycles. The zero-order chi connectivity index (χ0) is 15.2. The Morgan fingerprint density at radius 1 is 1.14 bits per heavy atom. The molecule has 0 aromatic heterocycles. The molecule has 2 rings (SSSR count). The van der Waals surface area contributed by atoms with E-state index in [-0.39, 0.29) is 11.4 Å². The molecule has 0 aliphatic carbocycles. The van der Waals surface area contributed by atoms with E-state index in [4.69, 9.17) is 16.3 Å². The van der Waals surface area contributed by atoms with Crippen LogP contribution in [0.1, 0.15) is 15.9 Å². The van der Waals surface area contributed by atoms with Crippen molar-refractivity contribution in [2.75, 3.05) is 7.11 Å². The highest BCUT2D eigenvalue weighted by molar-refractivity contribution is 6.30. The Hall–Kier alpha value is -2.57. The Morgan fingerprint density at radius 2 is 1.76 bits per heavy atom. The molecular weight excluding hydrogens is 286 g/mol. The molecule has 2 aromatic carbocycles. The average molecular weight is 298 g/mol. The minimum atomic E-state index is -0.324. The highest BCUT2D eigenvalue weighted by atomic mass is 35.5. The number of allylic oxidation sites excluding steroid dienone is 1. The summed E-state index contributed by atoms with van der Waals surface area (Å²) in [7, 11) is 1.55. The lowest BCUT2D eigenvalue weighted by Gasteiger charge is -2.02. The van der Waals surface area contributed by atoms with Gasteiger partial charge in [0.15, 0.2) is 0 Å². The molecule has 3 nitrogen and oxygen atoms in total. The molecule has 2 aromatic rings. The van der Waals surface area contributed by atoms with Gasteiger partial charge in [-0.15, -0.1) is 0 Å². The summed E-state index contributed by atoms with van der Waals surface area (Å²) in [5, 5.41) is 9.79. The number of carbonyl (C=O) groups is 1. The number of hydrogen-bond donors (Lipinski definition) is 0. The molecule has 0 spiro atoms. The van der Waals surface area contributed by atoms with Gasteiger partial charge < -0.3 is 4.74 Å². The minimum absolute atomic E-state index is 0.0717. The Bertz CT molecular complexity index is 710. The third-order valence-electron chi connectivity index (χ3n) is 2.90. The van der Waals surface area contributed by atoms with Gasteiger partial charge in [0.2, 0.25) is 5.78 Å². The first-order chi connectivity index (χ1) is 10.1. The summed E-state index contributed by atoms with van der Waals surface area (Å²) >= 11 is 5.80. The number of nitrogens with zero attached hydrogens (tertiary/aromatic N) is 1. The monoisotopic (exact) mass is 297 g/mol. The smallest absolute Gasteiger partial charge is 0.203 e. The fourth-order valence-electron chi connectivity index (χ4n) is 1.77. The molecule has 0 bridgehead atoms. The van der Waals surface area contributed by atoms with Gasteiger partial charge in [-0.3, -0.25) is 4.79 Å². The van der Waals surface area contributed by atoms with Crippen molar-refractivity contribution in [3.8, 4) is 11.8 Å². The lowest BCUT2D eigenvalue weighted by molar-refractivity contribution is 0.104. The summed E-state index contributed by atoms with van der Waals surface area (Å²) in [5.74, 6) is 0.335. The van der Waals surface area contributed by atoms with Crippen LogP contribution in [-0.4, -0.2) is 12.9 Å². The second-order valence-corrected chi connectivity index (χ2v) is 4.72. The van der Waals surface area contributed by atoms with E-state index in [9.17, 15) is 10.1 Å². The third-order valence-corrected chi connectivity index (χ3v) is 3.15. The maximum atomic E-state index is 12.3. The van der Waals surface area contributed by atoms with Crippen molar-refractivity contribution >= 4 is 23.5 Å². The summed E-state index contributed by atoms with van der Waals surface area (Å²) in [4.78, 5) is 12.3. The normalized spacial score (nSPS) is 10.8. The number of carbonyl (C=O) groups excluding carboxylic acids is 1. The number of hydrogen-bond acceptors (Lipinski definition) is 3. The molecule has 104 valence electrons. The zero-order valence-corrected chi connectivity index (χ0v) is 12.1. The molecule has 0 aliphatic heterocycles. The van der Waals surface area contributed by atoms with Gasteiger partial charge >= 0.3 is 0 Å². The van der Waals surface area contributed by atoms with Crippen LogP contribution < -0.4 is 4.74 Å². The first-order valence-electron chi connectivity index (χ1n) is 6.20. The predicted molar refractivity (Wildman–Crippen MR) is 82.4 cm³/mol. The van der Waals surface area contributed by atoms with Gasteiger partial charge in [-0.1, -0.05) is 23.7 Å². The zero-order valence-electron chi connectivity index (χ0n) is 11.3. The van der Waals surface area contributed by atoms with Crippen molar-refractivity contribution in [3.63, 3.8) is 0 Å². The highest BCUT2D eigenvalue weighted by Gasteiger charge is 2.12. The van der Waals surface area contributed by atoms with Crippen molar-refractivity contribution in [3.05, 3.63) is 70.3 Å². The largest absolute Gasteiger partial charge is 0.497 e. The maximum absolute atomic E-state index is 12.3. The number of methoxy groups -OCH3 is 1. The Kier molecular flexibility index (Phi) is 4.76. The summed E-state index contributed by atoms with van der Waals surface area (Å²) in [6.45, 7) is 0. The number of rotatable bonds is 4. The highest BCUT2D eigenvalue weighted by Crippen LogP contribution is 2.17. The summed E-state index contributed by atoms with van der Waals surface area (Å²) in [6, 6.07) is 15.5. The van der Waals surface area contributed by atoms with Crippen molar-refractivity contribution in [1.82, 2.24) is 0 Å². The van der Waals surface area contributed by atoms with Crippen LogP contribution in [0.5, 0.6) is 5.75 Å². The van der Waals surface area contributed by atoms with Crippen molar-refractivity contribution in [1.29, 1.82) is 5.26 Å². The van der Waals surface area contributed by atoms with Crippen LogP contribution in [0.3, 0.4) is 0 Å². The van der Waals surface area contributed by atoms with Gasteiger partial charge in [-0.05, 0) is 48.0 Å². The Morgan fingerprint density at radius 3 is 2.29 bits per heavy atom. The molecule has 0 amide bonds. The Balaban J connectivity index is 2.29.